The predicted octanol–water partition coefficient (Wildman–Crippen LogP) is -1.15. The lowest BCUT2D eigenvalue weighted by Gasteiger charge is -1.88. The minimum absolute atomic E-state index is 0. The van der Waals surface area contributed by atoms with Gasteiger partial charge in [0.1, 0.15) is 0 Å². The van der Waals surface area contributed by atoms with Gasteiger partial charge >= 0.3 is 12.1 Å². The van der Waals surface area contributed by atoms with Crippen molar-refractivity contribution >= 4 is 25.6 Å². The molecule has 4 amide bonds. The highest BCUT2D eigenvalue weighted by atomic mass is 32.1. The number of rotatable bonds is 0. The Hall–Kier alpha value is -0.910. The molecule has 0 rings (SSSR count). The van der Waals surface area contributed by atoms with Crippen LogP contribution in [0.25, 0.3) is 0 Å². The summed E-state index contributed by atoms with van der Waals surface area (Å²) in [6, 6.07) is -1.88. The lowest BCUT2D eigenvalue weighted by molar-refractivity contribution is 0.236. The molecule has 8 heavy (non-hydrogen) atoms. The van der Waals surface area contributed by atoms with Gasteiger partial charge in [0.15, 0.2) is 0 Å². The first kappa shape index (κ1) is 10.1. The number of hydrogen-bond donors (Lipinski definition) is 3. The second kappa shape index (κ2) is 4.25. The van der Waals surface area contributed by atoms with Crippen LogP contribution in [0, 0.1) is 0 Å². The highest BCUT2D eigenvalue weighted by molar-refractivity contribution is 7.59. The van der Waals surface area contributed by atoms with E-state index < -0.39 is 12.1 Å². The van der Waals surface area contributed by atoms with Crippen molar-refractivity contribution in [2.24, 2.45) is 11.5 Å². The lowest BCUT2D eigenvalue weighted by atomic mass is 10.9. The maximum absolute atomic E-state index is 9.62. The van der Waals surface area contributed by atoms with Crippen LogP contribution in [0.15, 0.2) is 0 Å². The molecule has 5 N–H and O–H groups in total. The number of imide groups is 1. The molecule has 0 aromatic rings. The molecule has 0 aromatic heterocycles. The number of urea groups is 2. The molecule has 0 aliphatic heterocycles. The van der Waals surface area contributed by atoms with E-state index in [-0.39, 0.29) is 13.5 Å². The topological polar surface area (TPSA) is 98.2 Å². The Kier molecular flexibility index (Phi) is 5.40. The van der Waals surface area contributed by atoms with Crippen LogP contribution in [0.3, 0.4) is 0 Å². The second-order valence-electron chi connectivity index (χ2n) is 0.854. The van der Waals surface area contributed by atoms with Gasteiger partial charge in [-0.3, -0.25) is 5.32 Å². The predicted molar refractivity (Wildman–Crippen MR) is 32.7 cm³/mol. The number of nitrogens with two attached hydrogens (primary N) is 2. The maximum Gasteiger partial charge on any atom is 0.320 e. The van der Waals surface area contributed by atoms with Gasteiger partial charge in [-0.25, -0.2) is 9.59 Å². The Morgan fingerprint density at radius 1 is 1.12 bits per heavy atom. The quantitative estimate of drug-likeness (QED) is 0.392. The number of carbonyl (C=O) groups excluding carboxylic acids is 2. The Morgan fingerprint density at radius 3 is 1.38 bits per heavy atom. The molecule has 0 aliphatic rings. The number of nitrogens with one attached hydrogen (secondary N) is 1. The summed E-state index contributed by atoms with van der Waals surface area (Å²) in [5, 5.41) is 1.58. The lowest BCUT2D eigenvalue weighted by Crippen LogP contribution is -2.38. The minimum atomic E-state index is -0.938. The third kappa shape index (κ3) is 8.92. The average Bonchev–Trinajstić information content (AvgIpc) is 1.27. The first-order valence-corrected chi connectivity index (χ1v) is 1.49. The first-order valence-electron chi connectivity index (χ1n) is 1.49. The highest BCUT2D eigenvalue weighted by Gasteiger charge is 1.92. The third-order valence-electron chi connectivity index (χ3n) is 0.246. The van der Waals surface area contributed by atoms with Crippen LogP contribution < -0.4 is 16.8 Å². The van der Waals surface area contributed by atoms with Crippen molar-refractivity contribution in [1.29, 1.82) is 0 Å². The van der Waals surface area contributed by atoms with Crippen LogP contribution in [0.4, 0.5) is 9.59 Å². The van der Waals surface area contributed by atoms with Crippen LogP contribution >= 0.6 is 13.5 Å². The van der Waals surface area contributed by atoms with Gasteiger partial charge in [0, 0.05) is 0 Å². The Morgan fingerprint density at radius 2 is 1.38 bits per heavy atom. The van der Waals surface area contributed by atoms with Crippen LogP contribution in [0.1, 0.15) is 0 Å². The highest BCUT2D eigenvalue weighted by Crippen LogP contribution is 1.51. The summed E-state index contributed by atoms with van der Waals surface area (Å²) in [5.41, 5.74) is 8.88. The number of carbonyl (C=O) groups is 2. The second-order valence-corrected chi connectivity index (χ2v) is 0.854. The SMILES string of the molecule is NC(=O)NC(N)=O.S. The maximum atomic E-state index is 9.62. The van der Waals surface area contributed by atoms with Crippen molar-refractivity contribution in [1.82, 2.24) is 5.32 Å². The Labute approximate surface area is 52.8 Å². The molecule has 0 saturated carbocycles. The van der Waals surface area contributed by atoms with E-state index in [0.717, 1.165) is 0 Å². The first-order chi connectivity index (χ1) is 3.13. The standard InChI is InChI=1S/C2H5N3O2.H2S/c3-1(6)5-2(4)7;/h(H5,3,4,5,6,7);1H2. The van der Waals surface area contributed by atoms with Crippen molar-refractivity contribution in [3.8, 4) is 0 Å². The Bertz CT molecular complexity index is 91.5. The molecule has 0 fully saturated rings. The van der Waals surface area contributed by atoms with E-state index >= 15 is 0 Å². The summed E-state index contributed by atoms with van der Waals surface area (Å²) in [4.78, 5) is 19.2. The van der Waals surface area contributed by atoms with E-state index in [1.165, 1.54) is 0 Å². The van der Waals surface area contributed by atoms with Crippen LogP contribution in [0.5, 0.6) is 0 Å². The summed E-state index contributed by atoms with van der Waals surface area (Å²) in [5.74, 6) is 0. The fourth-order valence-corrected chi connectivity index (χ4v) is 0.121. The molecule has 0 bridgehead atoms. The van der Waals surface area contributed by atoms with E-state index in [9.17, 15) is 9.59 Å². The zero-order valence-corrected chi connectivity index (χ0v) is 4.97. The average molecular weight is 137 g/mol. The van der Waals surface area contributed by atoms with Gasteiger partial charge in [-0.2, -0.15) is 13.5 Å². The summed E-state index contributed by atoms with van der Waals surface area (Å²) >= 11 is 0. The van der Waals surface area contributed by atoms with Gasteiger partial charge in [-0.1, -0.05) is 0 Å². The Balaban J connectivity index is 0. The van der Waals surface area contributed by atoms with E-state index in [4.69, 9.17) is 0 Å². The van der Waals surface area contributed by atoms with Crippen molar-refractivity contribution in [2.75, 3.05) is 0 Å². The normalized spacial score (nSPS) is 6.50. The molecule has 0 spiro atoms. The van der Waals surface area contributed by atoms with E-state index in [2.05, 4.69) is 11.5 Å². The minimum Gasteiger partial charge on any atom is -0.351 e. The molecule has 0 aromatic carbocycles. The molecule has 0 aliphatic carbocycles. The largest absolute Gasteiger partial charge is 0.351 e. The van der Waals surface area contributed by atoms with Crippen molar-refractivity contribution < 1.29 is 9.59 Å². The van der Waals surface area contributed by atoms with Gasteiger partial charge in [0.05, 0.1) is 0 Å². The van der Waals surface area contributed by atoms with E-state index in [0.29, 0.717) is 0 Å². The number of hydrogen-bond acceptors (Lipinski definition) is 2. The summed E-state index contributed by atoms with van der Waals surface area (Å²) in [7, 11) is 0. The molecule has 0 radical (unpaired) electrons. The number of primary amides is 2. The third-order valence-corrected chi connectivity index (χ3v) is 0.246. The molecule has 5 nitrogen and oxygen atoms in total. The van der Waals surface area contributed by atoms with Crippen LogP contribution in [-0.2, 0) is 0 Å². The summed E-state index contributed by atoms with van der Waals surface area (Å²) in [6.45, 7) is 0. The molecule has 0 saturated heterocycles. The molecule has 48 valence electrons. The molecule has 6 heteroatoms. The fraction of sp³-hybridized carbons (Fsp3) is 0. The fourth-order valence-electron chi connectivity index (χ4n) is 0.121. The summed E-state index contributed by atoms with van der Waals surface area (Å²) < 4.78 is 0. The zero-order chi connectivity index (χ0) is 5.86. The van der Waals surface area contributed by atoms with Crippen LogP contribution in [-0.4, -0.2) is 12.1 Å². The van der Waals surface area contributed by atoms with Gasteiger partial charge in [-0.05, 0) is 0 Å². The van der Waals surface area contributed by atoms with Gasteiger partial charge in [0.2, 0.25) is 0 Å². The molecule has 0 atom stereocenters. The molecular weight excluding hydrogens is 130 g/mol. The summed E-state index contributed by atoms with van der Waals surface area (Å²) in [6.07, 6.45) is 0. The molecule has 0 heterocycles. The number of amides is 4. The zero-order valence-electron chi connectivity index (χ0n) is 3.97. The van der Waals surface area contributed by atoms with Gasteiger partial charge in [-0.15, -0.1) is 0 Å². The monoisotopic (exact) mass is 137 g/mol. The van der Waals surface area contributed by atoms with Crippen molar-refractivity contribution in [3.05, 3.63) is 0 Å². The smallest absolute Gasteiger partial charge is 0.320 e. The molecular formula is C2H7N3O2S. The van der Waals surface area contributed by atoms with E-state index in [1.54, 1.807) is 5.32 Å². The molecule has 0 unspecified atom stereocenters. The van der Waals surface area contributed by atoms with Crippen molar-refractivity contribution in [3.63, 3.8) is 0 Å². The van der Waals surface area contributed by atoms with Gasteiger partial charge < -0.3 is 11.5 Å². The van der Waals surface area contributed by atoms with Crippen LogP contribution in [0.2, 0.25) is 0 Å². The van der Waals surface area contributed by atoms with E-state index in [1.807, 2.05) is 0 Å². The van der Waals surface area contributed by atoms with Crippen molar-refractivity contribution in [2.45, 2.75) is 0 Å². The van der Waals surface area contributed by atoms with Gasteiger partial charge in [0.25, 0.3) is 0 Å².